The summed E-state index contributed by atoms with van der Waals surface area (Å²) >= 11 is 7.43. The summed E-state index contributed by atoms with van der Waals surface area (Å²) in [4.78, 5) is 0. The lowest BCUT2D eigenvalue weighted by molar-refractivity contribution is 0.344. The molecule has 0 saturated carbocycles. The van der Waals surface area contributed by atoms with E-state index in [9.17, 15) is 0 Å². The van der Waals surface area contributed by atoms with Crippen molar-refractivity contribution >= 4 is 23.4 Å². The molecule has 5 nitrogen and oxygen atoms in total. The van der Waals surface area contributed by atoms with Crippen LogP contribution in [0.4, 0.5) is 0 Å². The van der Waals surface area contributed by atoms with E-state index in [1.807, 2.05) is 35.9 Å². The Bertz CT molecular complexity index is 544. The van der Waals surface area contributed by atoms with Crippen LogP contribution in [-0.4, -0.2) is 33.7 Å². The minimum Gasteiger partial charge on any atom is -0.493 e. The Morgan fingerprint density at radius 3 is 2.75 bits per heavy atom. The first-order valence-electron chi connectivity index (χ1n) is 6.30. The topological polar surface area (TPSA) is 66.0 Å². The van der Waals surface area contributed by atoms with Crippen LogP contribution in [0.2, 0.25) is 5.02 Å². The largest absolute Gasteiger partial charge is 0.493 e. The SMILES string of the molecule is Cn1c(CCN)nnc1SCCOc1ccc(Cl)cc1. The lowest BCUT2D eigenvalue weighted by Gasteiger charge is -2.06. The highest BCUT2D eigenvalue weighted by molar-refractivity contribution is 7.99. The molecule has 0 aliphatic carbocycles. The van der Waals surface area contributed by atoms with Crippen molar-refractivity contribution in [1.82, 2.24) is 14.8 Å². The summed E-state index contributed by atoms with van der Waals surface area (Å²) in [6.07, 6.45) is 0.741. The number of hydrogen-bond acceptors (Lipinski definition) is 5. The number of halogens is 1. The summed E-state index contributed by atoms with van der Waals surface area (Å²) in [6.45, 7) is 1.18. The lowest BCUT2D eigenvalue weighted by Crippen LogP contribution is -2.08. The quantitative estimate of drug-likeness (QED) is 0.627. The maximum Gasteiger partial charge on any atom is 0.191 e. The number of aromatic nitrogens is 3. The van der Waals surface area contributed by atoms with Crippen LogP contribution < -0.4 is 10.5 Å². The summed E-state index contributed by atoms with van der Waals surface area (Å²) < 4.78 is 7.59. The molecule has 0 unspecified atom stereocenters. The van der Waals surface area contributed by atoms with Gasteiger partial charge < -0.3 is 15.0 Å². The normalized spacial score (nSPS) is 10.8. The predicted molar refractivity (Wildman–Crippen MR) is 81.4 cm³/mol. The van der Waals surface area contributed by atoms with Gasteiger partial charge in [-0.1, -0.05) is 23.4 Å². The first-order valence-corrected chi connectivity index (χ1v) is 7.66. The highest BCUT2D eigenvalue weighted by Gasteiger charge is 2.08. The summed E-state index contributed by atoms with van der Waals surface area (Å²) in [5, 5.41) is 9.84. The number of hydrogen-bond donors (Lipinski definition) is 1. The third kappa shape index (κ3) is 4.13. The average molecular weight is 313 g/mol. The Hall–Kier alpha value is -1.24. The predicted octanol–water partition coefficient (Wildman–Crippen LogP) is 2.14. The van der Waals surface area contributed by atoms with Crippen LogP contribution in [0.3, 0.4) is 0 Å². The number of nitrogens with two attached hydrogens (primary N) is 1. The standard InChI is InChI=1S/C13H17ClN4OS/c1-18-12(6-7-15)16-17-13(18)20-9-8-19-11-4-2-10(14)3-5-11/h2-5H,6-9,15H2,1H3. The molecule has 2 rings (SSSR count). The number of rotatable bonds is 7. The molecule has 0 radical (unpaired) electrons. The molecule has 1 heterocycles. The van der Waals surface area contributed by atoms with Gasteiger partial charge in [-0.15, -0.1) is 10.2 Å². The molecule has 2 N–H and O–H groups in total. The van der Waals surface area contributed by atoms with Gasteiger partial charge in [0.05, 0.1) is 6.61 Å². The Morgan fingerprint density at radius 1 is 1.30 bits per heavy atom. The molecule has 0 fully saturated rings. The van der Waals surface area contributed by atoms with Crippen molar-refractivity contribution < 1.29 is 4.74 Å². The summed E-state index contributed by atoms with van der Waals surface area (Å²) in [5.41, 5.74) is 5.52. The molecule has 1 aromatic heterocycles. The van der Waals surface area contributed by atoms with Gasteiger partial charge in [-0.05, 0) is 30.8 Å². The van der Waals surface area contributed by atoms with Crippen LogP contribution in [0.15, 0.2) is 29.4 Å². The number of nitrogens with zero attached hydrogens (tertiary/aromatic N) is 3. The van der Waals surface area contributed by atoms with Crippen LogP contribution >= 0.6 is 23.4 Å². The van der Waals surface area contributed by atoms with Crippen molar-refractivity contribution in [3.8, 4) is 5.75 Å². The second-order valence-electron chi connectivity index (χ2n) is 4.15. The van der Waals surface area contributed by atoms with E-state index < -0.39 is 0 Å². The van der Waals surface area contributed by atoms with Gasteiger partial charge in [-0.2, -0.15) is 0 Å². The van der Waals surface area contributed by atoms with Crippen molar-refractivity contribution in [2.75, 3.05) is 18.9 Å². The van der Waals surface area contributed by atoms with E-state index in [1.165, 1.54) is 0 Å². The minimum atomic E-state index is 0.580. The van der Waals surface area contributed by atoms with Crippen molar-refractivity contribution in [1.29, 1.82) is 0 Å². The summed E-state index contributed by atoms with van der Waals surface area (Å²) in [7, 11) is 1.95. The van der Waals surface area contributed by atoms with E-state index in [4.69, 9.17) is 22.1 Å². The van der Waals surface area contributed by atoms with Gasteiger partial charge in [0.1, 0.15) is 11.6 Å². The van der Waals surface area contributed by atoms with Gasteiger partial charge in [0.2, 0.25) is 0 Å². The Labute approximate surface area is 127 Å². The zero-order chi connectivity index (χ0) is 14.4. The molecule has 7 heteroatoms. The van der Waals surface area contributed by atoms with E-state index in [1.54, 1.807) is 11.8 Å². The van der Waals surface area contributed by atoms with Gasteiger partial charge in [-0.25, -0.2) is 0 Å². The molecule has 0 atom stereocenters. The van der Waals surface area contributed by atoms with E-state index in [2.05, 4.69) is 10.2 Å². The van der Waals surface area contributed by atoms with Crippen LogP contribution in [0.5, 0.6) is 5.75 Å². The van der Waals surface area contributed by atoms with Crippen molar-refractivity contribution in [3.05, 3.63) is 35.1 Å². The third-order valence-corrected chi connectivity index (χ3v) is 3.93. The van der Waals surface area contributed by atoms with Crippen LogP contribution in [0, 0.1) is 0 Å². The molecule has 0 spiro atoms. The fourth-order valence-corrected chi connectivity index (χ4v) is 2.51. The second kappa shape index (κ2) is 7.52. The van der Waals surface area contributed by atoms with Crippen LogP contribution in [-0.2, 0) is 13.5 Å². The van der Waals surface area contributed by atoms with Gasteiger partial charge in [0.25, 0.3) is 0 Å². The fourth-order valence-electron chi connectivity index (χ4n) is 1.64. The van der Waals surface area contributed by atoms with Crippen LogP contribution in [0.1, 0.15) is 5.82 Å². The molecule has 0 saturated heterocycles. The first kappa shape index (κ1) is 15.2. The van der Waals surface area contributed by atoms with E-state index in [-0.39, 0.29) is 0 Å². The Balaban J connectivity index is 1.77. The van der Waals surface area contributed by atoms with E-state index in [0.717, 1.165) is 28.9 Å². The van der Waals surface area contributed by atoms with Gasteiger partial charge >= 0.3 is 0 Å². The molecular weight excluding hydrogens is 296 g/mol. The summed E-state index contributed by atoms with van der Waals surface area (Å²) in [6, 6.07) is 7.33. The Kier molecular flexibility index (Phi) is 5.70. The maximum absolute atomic E-state index is 5.81. The van der Waals surface area contributed by atoms with Crippen molar-refractivity contribution in [3.63, 3.8) is 0 Å². The van der Waals surface area contributed by atoms with E-state index in [0.29, 0.717) is 18.2 Å². The Morgan fingerprint density at radius 2 is 2.05 bits per heavy atom. The first-order chi connectivity index (χ1) is 9.70. The van der Waals surface area contributed by atoms with Gasteiger partial charge in [0.15, 0.2) is 5.16 Å². The molecule has 20 heavy (non-hydrogen) atoms. The molecule has 2 aromatic rings. The zero-order valence-corrected chi connectivity index (χ0v) is 12.8. The molecule has 108 valence electrons. The molecular formula is C13H17ClN4OS. The molecule has 0 aliphatic rings. The fraction of sp³-hybridized carbons (Fsp3) is 0.385. The highest BCUT2D eigenvalue weighted by atomic mass is 35.5. The lowest BCUT2D eigenvalue weighted by atomic mass is 10.3. The van der Waals surface area contributed by atoms with Crippen LogP contribution in [0.25, 0.3) is 0 Å². The molecule has 0 aliphatic heterocycles. The smallest absolute Gasteiger partial charge is 0.191 e. The maximum atomic E-state index is 5.81. The molecule has 0 amide bonds. The van der Waals surface area contributed by atoms with Gasteiger partial charge in [0, 0.05) is 24.2 Å². The minimum absolute atomic E-state index is 0.580. The average Bonchev–Trinajstić information content (AvgIpc) is 2.79. The molecule has 1 aromatic carbocycles. The van der Waals surface area contributed by atoms with Crippen molar-refractivity contribution in [2.45, 2.75) is 11.6 Å². The number of thioether (sulfide) groups is 1. The summed E-state index contributed by atoms with van der Waals surface area (Å²) in [5.74, 6) is 2.53. The highest BCUT2D eigenvalue weighted by Crippen LogP contribution is 2.18. The van der Waals surface area contributed by atoms with Gasteiger partial charge in [-0.3, -0.25) is 0 Å². The number of ether oxygens (including phenoxy) is 1. The molecule has 0 bridgehead atoms. The third-order valence-electron chi connectivity index (χ3n) is 2.69. The monoisotopic (exact) mass is 312 g/mol. The van der Waals surface area contributed by atoms with E-state index >= 15 is 0 Å². The van der Waals surface area contributed by atoms with Crippen molar-refractivity contribution in [2.24, 2.45) is 12.8 Å². The number of benzene rings is 1. The zero-order valence-electron chi connectivity index (χ0n) is 11.3. The second-order valence-corrected chi connectivity index (χ2v) is 5.65.